The Balaban J connectivity index is 2.18. The first-order chi connectivity index (χ1) is 7.72. The predicted octanol–water partition coefficient (Wildman–Crippen LogP) is 4.36. The number of nitrogens with one attached hydrogen (secondary N) is 1. The summed E-state index contributed by atoms with van der Waals surface area (Å²) in [4.78, 5) is 9.07. The van der Waals surface area contributed by atoms with E-state index in [2.05, 4.69) is 51.0 Å². The van der Waals surface area contributed by atoms with Crippen molar-refractivity contribution in [2.24, 2.45) is 0 Å². The summed E-state index contributed by atoms with van der Waals surface area (Å²) in [6, 6.07) is 10.4. The number of hydrogen-bond donors (Lipinski definition) is 1. The highest BCUT2D eigenvalue weighted by molar-refractivity contribution is 9.11. The van der Waals surface area contributed by atoms with Gasteiger partial charge in [0.05, 0.1) is 19.7 Å². The number of rotatable bonds is 1. The van der Waals surface area contributed by atoms with Crippen LogP contribution in [-0.2, 0) is 0 Å². The van der Waals surface area contributed by atoms with E-state index in [4.69, 9.17) is 0 Å². The molecule has 2 heterocycles. The van der Waals surface area contributed by atoms with Crippen molar-refractivity contribution in [3.8, 4) is 10.7 Å². The smallest absolute Gasteiger partial charge is 0.148 e. The Bertz CT molecular complexity index is 654. The average Bonchev–Trinajstić information content (AvgIpc) is 2.83. The zero-order chi connectivity index (χ0) is 11.1. The molecular weight excluding hydrogens is 284 g/mol. The molecule has 0 bridgehead atoms. The van der Waals surface area contributed by atoms with Gasteiger partial charge in [0, 0.05) is 0 Å². The number of aromatic nitrogens is 2. The maximum Gasteiger partial charge on any atom is 0.148 e. The number of H-pyrrole nitrogens is 1. The molecule has 0 atom stereocenters. The molecule has 0 fully saturated rings. The Morgan fingerprint density at radius 1 is 1.25 bits per heavy atom. The quantitative estimate of drug-likeness (QED) is 0.709. The maximum absolute atomic E-state index is 4.57. The summed E-state index contributed by atoms with van der Waals surface area (Å²) in [6.07, 6.45) is 0. The zero-order valence-corrected chi connectivity index (χ0v) is 11.0. The van der Waals surface area contributed by atoms with Crippen LogP contribution in [0.2, 0.25) is 0 Å². The number of thiophene rings is 1. The summed E-state index contributed by atoms with van der Waals surface area (Å²) >= 11 is 5.14. The van der Waals surface area contributed by atoms with Crippen molar-refractivity contribution >= 4 is 38.3 Å². The van der Waals surface area contributed by atoms with Crippen molar-refractivity contribution in [3.05, 3.63) is 39.7 Å². The van der Waals surface area contributed by atoms with Crippen molar-refractivity contribution in [1.82, 2.24) is 9.97 Å². The lowest BCUT2D eigenvalue weighted by Crippen LogP contribution is -1.72. The van der Waals surface area contributed by atoms with Gasteiger partial charge in [-0.2, -0.15) is 0 Å². The molecule has 80 valence electrons. The predicted molar refractivity (Wildman–Crippen MR) is 71.8 cm³/mol. The fourth-order valence-corrected chi connectivity index (χ4v) is 3.01. The number of halogens is 1. The highest BCUT2D eigenvalue weighted by Gasteiger charge is 2.07. The highest BCUT2D eigenvalue weighted by atomic mass is 79.9. The molecule has 3 aromatic rings. The largest absolute Gasteiger partial charge is 0.337 e. The van der Waals surface area contributed by atoms with Crippen LogP contribution in [0.25, 0.3) is 21.7 Å². The van der Waals surface area contributed by atoms with Crippen LogP contribution in [0.5, 0.6) is 0 Å². The molecule has 0 saturated carbocycles. The van der Waals surface area contributed by atoms with Crippen LogP contribution in [0.4, 0.5) is 0 Å². The van der Waals surface area contributed by atoms with Crippen molar-refractivity contribution in [2.75, 3.05) is 0 Å². The summed E-state index contributed by atoms with van der Waals surface area (Å²) in [6.45, 7) is 2.09. The Hall–Kier alpha value is -1.13. The second kappa shape index (κ2) is 3.71. The lowest BCUT2D eigenvalue weighted by Gasteiger charge is -1.89. The molecule has 0 unspecified atom stereocenters. The van der Waals surface area contributed by atoms with Crippen LogP contribution in [0.15, 0.2) is 34.1 Å². The van der Waals surface area contributed by atoms with Crippen molar-refractivity contribution in [3.63, 3.8) is 0 Å². The molecule has 1 aromatic carbocycles. The number of aryl methyl sites for hydroxylation is 1. The van der Waals surface area contributed by atoms with Gasteiger partial charge in [-0.3, -0.25) is 0 Å². The lowest BCUT2D eigenvalue weighted by atomic mass is 10.2. The first-order valence-corrected chi connectivity index (χ1v) is 6.55. The van der Waals surface area contributed by atoms with Crippen molar-refractivity contribution in [2.45, 2.75) is 6.92 Å². The molecule has 1 N–H and O–H groups in total. The van der Waals surface area contributed by atoms with Crippen molar-refractivity contribution < 1.29 is 0 Å². The van der Waals surface area contributed by atoms with Gasteiger partial charge in [-0.05, 0) is 52.7 Å². The summed E-state index contributed by atoms with van der Waals surface area (Å²) in [5.74, 6) is 0.941. The number of imidazole rings is 1. The van der Waals surface area contributed by atoms with Gasteiger partial charge in [0.2, 0.25) is 0 Å². The fraction of sp³-hybridized carbons (Fsp3) is 0.0833. The summed E-state index contributed by atoms with van der Waals surface area (Å²) in [7, 11) is 0. The second-order valence-electron chi connectivity index (χ2n) is 3.71. The summed E-state index contributed by atoms with van der Waals surface area (Å²) < 4.78 is 1.12. The van der Waals surface area contributed by atoms with E-state index in [0.717, 1.165) is 25.5 Å². The van der Waals surface area contributed by atoms with Gasteiger partial charge in [0.15, 0.2) is 0 Å². The number of nitrogens with zero attached hydrogens (tertiary/aromatic N) is 1. The Kier molecular flexibility index (Phi) is 2.33. The van der Waals surface area contributed by atoms with Gasteiger partial charge in [0.1, 0.15) is 5.82 Å². The monoisotopic (exact) mass is 292 g/mol. The molecule has 0 aliphatic rings. The summed E-state index contributed by atoms with van der Waals surface area (Å²) in [5, 5.41) is 0. The SMILES string of the molecule is Cc1ccc2nc(-c3ccc(Br)s3)[nH]c2c1. The molecule has 2 aromatic heterocycles. The van der Waals surface area contributed by atoms with Crippen LogP contribution < -0.4 is 0 Å². The molecule has 2 nitrogen and oxygen atoms in total. The van der Waals surface area contributed by atoms with E-state index >= 15 is 0 Å². The Labute approximate surface area is 105 Å². The minimum atomic E-state index is 0.941. The van der Waals surface area contributed by atoms with Crippen molar-refractivity contribution in [1.29, 1.82) is 0 Å². The van der Waals surface area contributed by atoms with Crippen LogP contribution in [-0.4, -0.2) is 9.97 Å². The molecule has 0 radical (unpaired) electrons. The van der Waals surface area contributed by atoms with E-state index in [9.17, 15) is 0 Å². The van der Waals surface area contributed by atoms with Gasteiger partial charge in [-0.15, -0.1) is 11.3 Å². The van der Waals surface area contributed by atoms with E-state index in [-0.39, 0.29) is 0 Å². The number of hydrogen-bond acceptors (Lipinski definition) is 2. The Morgan fingerprint density at radius 2 is 2.12 bits per heavy atom. The third-order valence-electron chi connectivity index (χ3n) is 2.44. The van der Waals surface area contributed by atoms with Gasteiger partial charge >= 0.3 is 0 Å². The minimum absolute atomic E-state index is 0.941. The lowest BCUT2D eigenvalue weighted by molar-refractivity contribution is 1.36. The van der Waals surface area contributed by atoms with Gasteiger partial charge in [-0.1, -0.05) is 6.07 Å². The van der Waals surface area contributed by atoms with E-state index in [1.807, 2.05) is 12.1 Å². The van der Waals surface area contributed by atoms with E-state index in [1.54, 1.807) is 11.3 Å². The second-order valence-corrected chi connectivity index (χ2v) is 6.17. The van der Waals surface area contributed by atoms with E-state index in [1.165, 1.54) is 5.56 Å². The molecule has 0 saturated heterocycles. The minimum Gasteiger partial charge on any atom is -0.337 e. The standard InChI is InChI=1S/C12H9BrN2S/c1-7-2-3-8-9(6-7)15-12(14-8)10-4-5-11(13)16-10/h2-6H,1H3,(H,14,15). The van der Waals surface area contributed by atoms with Gasteiger partial charge in [0.25, 0.3) is 0 Å². The molecular formula is C12H9BrN2S. The average molecular weight is 293 g/mol. The normalized spacial score (nSPS) is 11.1. The first-order valence-electron chi connectivity index (χ1n) is 4.94. The van der Waals surface area contributed by atoms with Crippen LogP contribution >= 0.6 is 27.3 Å². The Morgan fingerprint density at radius 3 is 2.88 bits per heavy atom. The molecule has 0 amide bonds. The van der Waals surface area contributed by atoms with E-state index in [0.29, 0.717) is 0 Å². The van der Waals surface area contributed by atoms with Crippen LogP contribution in [0.1, 0.15) is 5.56 Å². The first kappa shape index (κ1) is 10.1. The molecule has 3 rings (SSSR count). The van der Waals surface area contributed by atoms with E-state index < -0.39 is 0 Å². The zero-order valence-electron chi connectivity index (χ0n) is 8.62. The number of aromatic amines is 1. The molecule has 0 spiro atoms. The van der Waals surface area contributed by atoms with Gasteiger partial charge < -0.3 is 4.98 Å². The van der Waals surface area contributed by atoms with Gasteiger partial charge in [-0.25, -0.2) is 4.98 Å². The molecule has 16 heavy (non-hydrogen) atoms. The van der Waals surface area contributed by atoms with Crippen LogP contribution in [0.3, 0.4) is 0 Å². The number of benzene rings is 1. The fourth-order valence-electron chi connectivity index (χ4n) is 1.68. The van der Waals surface area contributed by atoms with Crippen LogP contribution in [0, 0.1) is 6.92 Å². The molecule has 0 aliphatic carbocycles. The molecule has 4 heteroatoms. The summed E-state index contributed by atoms with van der Waals surface area (Å²) in [5.41, 5.74) is 3.36. The highest BCUT2D eigenvalue weighted by Crippen LogP contribution is 2.30. The molecule has 0 aliphatic heterocycles. The maximum atomic E-state index is 4.57. The third-order valence-corrected chi connectivity index (χ3v) is 4.07. The third kappa shape index (κ3) is 1.68. The number of fused-ring (bicyclic) bond motifs is 1. The topological polar surface area (TPSA) is 28.7 Å².